The molecule has 0 unspecified atom stereocenters. The Morgan fingerprint density at radius 3 is 2.48 bits per heavy atom. The van der Waals surface area contributed by atoms with Crippen molar-refractivity contribution in [3.63, 3.8) is 0 Å². The number of rotatable bonds is 4. The number of hydrogen-bond acceptors (Lipinski definition) is 3. The fraction of sp³-hybridized carbons (Fsp3) is 0.222. The molecule has 0 atom stereocenters. The molecule has 2 aromatic heterocycles. The van der Waals surface area contributed by atoms with Crippen molar-refractivity contribution in [3.05, 3.63) is 75.8 Å². The van der Waals surface area contributed by atoms with Crippen molar-refractivity contribution >= 4 is 5.69 Å². The van der Waals surface area contributed by atoms with Gasteiger partial charge in [0, 0.05) is 43.7 Å². The van der Waals surface area contributed by atoms with Crippen LogP contribution in [0.25, 0.3) is 5.82 Å². The molecule has 0 aliphatic rings. The van der Waals surface area contributed by atoms with Crippen molar-refractivity contribution in [3.8, 4) is 5.82 Å². The van der Waals surface area contributed by atoms with Crippen LogP contribution in [-0.4, -0.2) is 28.9 Å². The maximum atomic E-state index is 12.7. The van der Waals surface area contributed by atoms with E-state index >= 15 is 0 Å². The highest BCUT2D eigenvalue weighted by Crippen LogP contribution is 2.15. The molecule has 23 heavy (non-hydrogen) atoms. The predicted octanol–water partition coefficient (Wildman–Crippen LogP) is 2.53. The van der Waals surface area contributed by atoms with Gasteiger partial charge in [-0.15, -0.1) is 0 Å². The molecule has 118 valence electrons. The van der Waals surface area contributed by atoms with E-state index in [9.17, 15) is 4.79 Å². The molecule has 0 spiro atoms. The molecule has 0 bridgehead atoms. The van der Waals surface area contributed by atoms with Gasteiger partial charge in [-0.2, -0.15) is 0 Å². The molecule has 0 radical (unpaired) electrons. The first-order chi connectivity index (χ1) is 11.1. The number of hydrogen-bond donors (Lipinski definition) is 1. The molecule has 0 amide bonds. The van der Waals surface area contributed by atoms with Gasteiger partial charge in [0.2, 0.25) is 0 Å². The summed E-state index contributed by atoms with van der Waals surface area (Å²) < 4.78 is 1.50. The Kier molecular flexibility index (Phi) is 4.02. The summed E-state index contributed by atoms with van der Waals surface area (Å²) in [4.78, 5) is 18.9. The fourth-order valence-corrected chi connectivity index (χ4v) is 2.55. The van der Waals surface area contributed by atoms with Gasteiger partial charge in [0.05, 0.1) is 0 Å². The van der Waals surface area contributed by atoms with E-state index in [1.165, 1.54) is 4.68 Å². The minimum Gasteiger partial charge on any atom is -0.378 e. The van der Waals surface area contributed by atoms with E-state index in [0.717, 1.165) is 22.5 Å². The number of aryl methyl sites for hydroxylation is 1. The monoisotopic (exact) mass is 308 g/mol. The van der Waals surface area contributed by atoms with E-state index in [-0.39, 0.29) is 5.56 Å². The molecule has 1 N–H and O–H groups in total. The van der Waals surface area contributed by atoms with Crippen LogP contribution in [0, 0.1) is 6.92 Å². The number of aromatic nitrogens is 3. The molecule has 0 aliphatic heterocycles. The molecule has 0 saturated carbocycles. The second-order valence-electron chi connectivity index (χ2n) is 5.78. The topological polar surface area (TPSA) is 53.9 Å². The smallest absolute Gasteiger partial charge is 0.276 e. The minimum absolute atomic E-state index is 0.0436. The molecule has 5 nitrogen and oxygen atoms in total. The molecule has 3 aromatic rings. The van der Waals surface area contributed by atoms with E-state index < -0.39 is 0 Å². The number of anilines is 1. The zero-order valence-corrected chi connectivity index (χ0v) is 13.6. The maximum Gasteiger partial charge on any atom is 0.276 e. The average Bonchev–Trinajstić information content (AvgIpc) is 2.84. The molecule has 0 fully saturated rings. The predicted molar refractivity (Wildman–Crippen MR) is 92.5 cm³/mol. The van der Waals surface area contributed by atoms with Gasteiger partial charge in [-0.25, -0.2) is 9.67 Å². The summed E-state index contributed by atoms with van der Waals surface area (Å²) in [5, 5.41) is 3.11. The minimum atomic E-state index is -0.0436. The summed E-state index contributed by atoms with van der Waals surface area (Å²) in [5.74, 6) is 0.606. The van der Waals surface area contributed by atoms with E-state index in [0.29, 0.717) is 12.2 Å². The zero-order valence-electron chi connectivity index (χ0n) is 13.6. The molecule has 0 saturated heterocycles. The van der Waals surface area contributed by atoms with Crippen LogP contribution in [0.3, 0.4) is 0 Å². The van der Waals surface area contributed by atoms with Crippen LogP contribution in [-0.2, 0) is 6.42 Å². The van der Waals surface area contributed by atoms with Gasteiger partial charge in [-0.3, -0.25) is 9.89 Å². The fourth-order valence-electron chi connectivity index (χ4n) is 2.55. The van der Waals surface area contributed by atoms with Crippen molar-refractivity contribution in [2.45, 2.75) is 13.3 Å². The molecule has 3 rings (SSSR count). The molecule has 2 heterocycles. The highest BCUT2D eigenvalue weighted by molar-refractivity contribution is 5.46. The Bertz CT molecular complexity index is 845. The molecular weight excluding hydrogens is 288 g/mol. The summed E-state index contributed by atoms with van der Waals surface area (Å²) in [7, 11) is 4.02. The van der Waals surface area contributed by atoms with Gasteiger partial charge in [0.15, 0.2) is 5.82 Å². The Balaban J connectivity index is 1.92. The number of benzene rings is 1. The quantitative estimate of drug-likeness (QED) is 0.806. The third-order valence-corrected chi connectivity index (χ3v) is 3.91. The number of aromatic amines is 1. The van der Waals surface area contributed by atoms with Crippen LogP contribution in [0.2, 0.25) is 0 Å². The first kappa shape index (κ1) is 15.1. The van der Waals surface area contributed by atoms with E-state index in [4.69, 9.17) is 0 Å². The summed E-state index contributed by atoms with van der Waals surface area (Å²) >= 11 is 0. The number of nitrogens with zero attached hydrogens (tertiary/aromatic N) is 3. The third kappa shape index (κ3) is 3.04. The Labute approximate surface area is 135 Å². The van der Waals surface area contributed by atoms with Crippen molar-refractivity contribution in [1.82, 2.24) is 14.8 Å². The lowest BCUT2D eigenvalue weighted by molar-refractivity contribution is 0.806. The highest BCUT2D eigenvalue weighted by Gasteiger charge is 2.13. The Morgan fingerprint density at radius 1 is 1.13 bits per heavy atom. The van der Waals surface area contributed by atoms with Crippen LogP contribution >= 0.6 is 0 Å². The van der Waals surface area contributed by atoms with E-state index in [1.807, 2.05) is 39.2 Å². The largest absolute Gasteiger partial charge is 0.378 e. The first-order valence-electron chi connectivity index (χ1n) is 7.54. The van der Waals surface area contributed by atoms with Gasteiger partial charge in [0.1, 0.15) is 0 Å². The lowest BCUT2D eigenvalue weighted by Gasteiger charge is -2.12. The Hall–Kier alpha value is -2.82. The molecule has 1 aromatic carbocycles. The SMILES string of the molecule is Cc1[nH]n(-c2ccccn2)c(=O)c1Cc1ccc(N(C)C)cc1. The van der Waals surface area contributed by atoms with Crippen molar-refractivity contribution < 1.29 is 0 Å². The van der Waals surface area contributed by atoms with Gasteiger partial charge < -0.3 is 4.90 Å². The number of pyridine rings is 1. The lowest BCUT2D eigenvalue weighted by Crippen LogP contribution is -2.18. The second kappa shape index (κ2) is 6.12. The van der Waals surface area contributed by atoms with Gasteiger partial charge in [-0.05, 0) is 36.8 Å². The second-order valence-corrected chi connectivity index (χ2v) is 5.78. The highest BCUT2D eigenvalue weighted by atomic mass is 16.1. The summed E-state index contributed by atoms with van der Waals surface area (Å²) in [5.41, 5.74) is 3.86. The standard InChI is InChI=1S/C18H20N4O/c1-13-16(12-14-7-9-15(10-8-14)21(2)3)18(23)22(20-13)17-6-4-5-11-19-17/h4-11,20H,12H2,1-3H3. The first-order valence-corrected chi connectivity index (χ1v) is 7.54. The van der Waals surface area contributed by atoms with E-state index in [1.54, 1.807) is 6.20 Å². The number of nitrogens with one attached hydrogen (secondary N) is 1. The van der Waals surface area contributed by atoms with Crippen LogP contribution in [0.15, 0.2) is 53.5 Å². The summed E-state index contributed by atoms with van der Waals surface area (Å²) in [6, 6.07) is 13.8. The normalized spacial score (nSPS) is 10.7. The Morgan fingerprint density at radius 2 is 1.87 bits per heavy atom. The average molecular weight is 308 g/mol. The van der Waals surface area contributed by atoms with Crippen LogP contribution < -0.4 is 10.5 Å². The molecule has 5 heteroatoms. The van der Waals surface area contributed by atoms with Crippen LogP contribution in [0.1, 0.15) is 16.8 Å². The number of H-pyrrole nitrogens is 1. The van der Waals surface area contributed by atoms with Crippen molar-refractivity contribution in [1.29, 1.82) is 0 Å². The van der Waals surface area contributed by atoms with E-state index in [2.05, 4.69) is 39.2 Å². The van der Waals surface area contributed by atoms with Crippen molar-refractivity contribution in [2.75, 3.05) is 19.0 Å². The van der Waals surface area contributed by atoms with Gasteiger partial charge >= 0.3 is 0 Å². The third-order valence-electron chi connectivity index (χ3n) is 3.91. The summed E-state index contributed by atoms with van der Waals surface area (Å²) in [6.07, 6.45) is 2.28. The lowest BCUT2D eigenvalue weighted by atomic mass is 10.1. The van der Waals surface area contributed by atoms with Gasteiger partial charge in [0.25, 0.3) is 5.56 Å². The van der Waals surface area contributed by atoms with Crippen LogP contribution in [0.4, 0.5) is 5.69 Å². The maximum absolute atomic E-state index is 12.7. The van der Waals surface area contributed by atoms with Crippen LogP contribution in [0.5, 0.6) is 0 Å². The molecule has 0 aliphatic carbocycles. The summed E-state index contributed by atoms with van der Waals surface area (Å²) in [6.45, 7) is 1.92. The van der Waals surface area contributed by atoms with Crippen molar-refractivity contribution in [2.24, 2.45) is 0 Å². The zero-order chi connectivity index (χ0) is 16.4. The van der Waals surface area contributed by atoms with Gasteiger partial charge in [-0.1, -0.05) is 18.2 Å². The molecular formula is C18H20N4O.